The van der Waals surface area contributed by atoms with E-state index in [0.29, 0.717) is 5.56 Å². The molecule has 0 aromatic heterocycles. The standard InChI is InChI=1S/C15H14O4/c16-9-10-19-15(18)13-8-4-7-12(14(13)17)11-5-2-1-3-6-11/h1-8,16-17H,9-10H2. The first-order valence-electron chi connectivity index (χ1n) is 5.89. The number of rotatable bonds is 4. The number of aromatic hydroxyl groups is 1. The molecule has 19 heavy (non-hydrogen) atoms. The predicted molar refractivity (Wildman–Crippen MR) is 70.9 cm³/mol. The number of carbonyl (C=O) groups excluding carboxylic acids is 1. The van der Waals surface area contributed by atoms with Gasteiger partial charge in [-0.3, -0.25) is 0 Å². The molecule has 0 atom stereocenters. The van der Waals surface area contributed by atoms with Crippen LogP contribution in [0.5, 0.6) is 5.75 Å². The largest absolute Gasteiger partial charge is 0.506 e. The minimum absolute atomic E-state index is 0.0894. The van der Waals surface area contributed by atoms with Crippen LogP contribution in [0.4, 0.5) is 0 Å². The highest BCUT2D eigenvalue weighted by Gasteiger charge is 2.16. The monoisotopic (exact) mass is 258 g/mol. The molecule has 4 nitrogen and oxygen atoms in total. The Kier molecular flexibility index (Phi) is 4.15. The normalized spacial score (nSPS) is 10.2. The van der Waals surface area contributed by atoms with Crippen LogP contribution in [-0.4, -0.2) is 29.4 Å². The van der Waals surface area contributed by atoms with E-state index in [1.54, 1.807) is 12.1 Å². The zero-order valence-corrected chi connectivity index (χ0v) is 10.2. The molecule has 0 bridgehead atoms. The Hall–Kier alpha value is -2.33. The lowest BCUT2D eigenvalue weighted by Gasteiger charge is -2.09. The second-order valence-corrected chi connectivity index (χ2v) is 3.93. The van der Waals surface area contributed by atoms with Crippen molar-refractivity contribution in [3.05, 3.63) is 54.1 Å². The molecule has 2 aromatic carbocycles. The molecule has 4 heteroatoms. The molecule has 2 aromatic rings. The lowest BCUT2D eigenvalue weighted by atomic mass is 10.0. The average molecular weight is 258 g/mol. The molecule has 2 rings (SSSR count). The molecule has 2 N–H and O–H groups in total. The molecule has 0 amide bonds. The van der Waals surface area contributed by atoms with Gasteiger partial charge in [0.15, 0.2) is 0 Å². The fourth-order valence-corrected chi connectivity index (χ4v) is 1.77. The molecular formula is C15H14O4. The Bertz CT molecular complexity index is 564. The van der Waals surface area contributed by atoms with Crippen LogP contribution in [-0.2, 0) is 4.74 Å². The second-order valence-electron chi connectivity index (χ2n) is 3.93. The van der Waals surface area contributed by atoms with Gasteiger partial charge in [0.1, 0.15) is 17.9 Å². The van der Waals surface area contributed by atoms with Crippen molar-refractivity contribution in [1.29, 1.82) is 0 Å². The van der Waals surface area contributed by atoms with E-state index >= 15 is 0 Å². The van der Waals surface area contributed by atoms with E-state index in [-0.39, 0.29) is 24.5 Å². The van der Waals surface area contributed by atoms with Gasteiger partial charge in [0, 0.05) is 5.56 Å². The number of aliphatic hydroxyl groups is 1. The third kappa shape index (κ3) is 2.92. The summed E-state index contributed by atoms with van der Waals surface area (Å²) in [4.78, 5) is 11.7. The van der Waals surface area contributed by atoms with E-state index in [1.807, 2.05) is 30.3 Å². The Morgan fingerprint density at radius 1 is 1.05 bits per heavy atom. The molecule has 0 spiro atoms. The number of phenolic OH excluding ortho intramolecular Hbond substituents is 1. The van der Waals surface area contributed by atoms with Gasteiger partial charge in [-0.15, -0.1) is 0 Å². The average Bonchev–Trinajstić information content (AvgIpc) is 2.46. The number of hydrogen-bond donors (Lipinski definition) is 2. The van der Waals surface area contributed by atoms with Crippen LogP contribution < -0.4 is 0 Å². The molecule has 0 fully saturated rings. The number of esters is 1. The van der Waals surface area contributed by atoms with Gasteiger partial charge in [-0.05, 0) is 11.6 Å². The van der Waals surface area contributed by atoms with Crippen molar-refractivity contribution in [2.45, 2.75) is 0 Å². The SMILES string of the molecule is O=C(OCCO)c1cccc(-c2ccccc2)c1O. The summed E-state index contributed by atoms with van der Waals surface area (Å²) >= 11 is 0. The number of phenols is 1. The number of para-hydroxylation sites is 1. The molecule has 0 aliphatic carbocycles. The molecular weight excluding hydrogens is 244 g/mol. The zero-order valence-electron chi connectivity index (χ0n) is 10.2. The molecule has 0 radical (unpaired) electrons. The maximum absolute atomic E-state index is 11.7. The Balaban J connectivity index is 2.36. The van der Waals surface area contributed by atoms with Crippen molar-refractivity contribution < 1.29 is 19.7 Å². The molecule has 98 valence electrons. The van der Waals surface area contributed by atoms with E-state index in [0.717, 1.165) is 5.56 Å². The van der Waals surface area contributed by atoms with Crippen LogP contribution >= 0.6 is 0 Å². The number of ether oxygens (including phenoxy) is 1. The smallest absolute Gasteiger partial charge is 0.342 e. The van der Waals surface area contributed by atoms with E-state index in [4.69, 9.17) is 9.84 Å². The van der Waals surface area contributed by atoms with Crippen LogP contribution in [0.15, 0.2) is 48.5 Å². The third-order valence-corrected chi connectivity index (χ3v) is 2.67. The van der Waals surface area contributed by atoms with Crippen molar-refractivity contribution in [3.63, 3.8) is 0 Å². The Labute approximate surface area is 110 Å². The topological polar surface area (TPSA) is 66.8 Å². The van der Waals surface area contributed by atoms with Crippen LogP contribution in [0.25, 0.3) is 11.1 Å². The molecule has 0 saturated heterocycles. The number of carbonyl (C=O) groups is 1. The third-order valence-electron chi connectivity index (χ3n) is 2.67. The van der Waals surface area contributed by atoms with Gasteiger partial charge in [-0.1, -0.05) is 42.5 Å². The van der Waals surface area contributed by atoms with Crippen molar-refractivity contribution in [1.82, 2.24) is 0 Å². The second kappa shape index (κ2) is 6.02. The lowest BCUT2D eigenvalue weighted by Crippen LogP contribution is -2.09. The quantitative estimate of drug-likeness (QED) is 0.825. The maximum Gasteiger partial charge on any atom is 0.342 e. The van der Waals surface area contributed by atoms with Crippen molar-refractivity contribution in [2.75, 3.05) is 13.2 Å². The van der Waals surface area contributed by atoms with Crippen LogP contribution in [0, 0.1) is 0 Å². The molecule has 0 aliphatic heterocycles. The molecule has 0 heterocycles. The van der Waals surface area contributed by atoms with Gasteiger partial charge in [-0.25, -0.2) is 4.79 Å². The van der Waals surface area contributed by atoms with Crippen molar-refractivity contribution >= 4 is 5.97 Å². The predicted octanol–water partition coefficient (Wildman–Crippen LogP) is 2.21. The summed E-state index contributed by atoms with van der Waals surface area (Å²) < 4.78 is 4.80. The van der Waals surface area contributed by atoms with Crippen molar-refractivity contribution in [3.8, 4) is 16.9 Å². The number of aliphatic hydroxyl groups excluding tert-OH is 1. The van der Waals surface area contributed by atoms with Gasteiger partial charge < -0.3 is 14.9 Å². The van der Waals surface area contributed by atoms with Gasteiger partial charge >= 0.3 is 5.97 Å². The van der Waals surface area contributed by atoms with E-state index in [1.165, 1.54) is 6.07 Å². The Morgan fingerprint density at radius 2 is 1.79 bits per heavy atom. The van der Waals surface area contributed by atoms with E-state index in [2.05, 4.69) is 0 Å². The van der Waals surface area contributed by atoms with Gasteiger partial charge in [-0.2, -0.15) is 0 Å². The van der Waals surface area contributed by atoms with Crippen LogP contribution in [0.1, 0.15) is 10.4 Å². The molecule has 0 unspecified atom stereocenters. The van der Waals surface area contributed by atoms with Crippen molar-refractivity contribution in [2.24, 2.45) is 0 Å². The Morgan fingerprint density at radius 3 is 2.47 bits per heavy atom. The summed E-state index contributed by atoms with van der Waals surface area (Å²) in [5.74, 6) is -0.763. The van der Waals surface area contributed by atoms with Crippen LogP contribution in [0.3, 0.4) is 0 Å². The fraction of sp³-hybridized carbons (Fsp3) is 0.133. The lowest BCUT2D eigenvalue weighted by molar-refractivity contribution is 0.0430. The minimum atomic E-state index is -0.649. The highest BCUT2D eigenvalue weighted by molar-refractivity contribution is 5.95. The van der Waals surface area contributed by atoms with Crippen LogP contribution in [0.2, 0.25) is 0 Å². The summed E-state index contributed by atoms with van der Waals surface area (Å²) in [5, 5.41) is 18.8. The highest BCUT2D eigenvalue weighted by atomic mass is 16.5. The highest BCUT2D eigenvalue weighted by Crippen LogP contribution is 2.32. The number of benzene rings is 2. The summed E-state index contributed by atoms with van der Waals surface area (Å²) in [6, 6.07) is 14.2. The summed E-state index contributed by atoms with van der Waals surface area (Å²) in [5.41, 5.74) is 1.48. The summed E-state index contributed by atoms with van der Waals surface area (Å²) in [6.07, 6.45) is 0. The first kappa shape index (κ1) is 13.1. The van der Waals surface area contributed by atoms with Gasteiger partial charge in [0.2, 0.25) is 0 Å². The molecule has 0 saturated carbocycles. The molecule has 0 aliphatic rings. The van der Waals surface area contributed by atoms with Gasteiger partial charge in [0.25, 0.3) is 0 Å². The first-order valence-corrected chi connectivity index (χ1v) is 5.89. The summed E-state index contributed by atoms with van der Waals surface area (Å²) in [6.45, 7) is -0.335. The van der Waals surface area contributed by atoms with E-state index in [9.17, 15) is 9.90 Å². The minimum Gasteiger partial charge on any atom is -0.506 e. The number of hydrogen-bond acceptors (Lipinski definition) is 4. The maximum atomic E-state index is 11.7. The van der Waals surface area contributed by atoms with Gasteiger partial charge in [0.05, 0.1) is 6.61 Å². The van der Waals surface area contributed by atoms with E-state index < -0.39 is 5.97 Å². The summed E-state index contributed by atoms with van der Waals surface area (Å²) in [7, 11) is 0. The first-order chi connectivity index (χ1) is 9.24. The fourth-order valence-electron chi connectivity index (χ4n) is 1.77. The zero-order chi connectivity index (χ0) is 13.7.